The van der Waals surface area contributed by atoms with E-state index < -0.39 is 0 Å². The molecule has 0 amide bonds. The first-order valence-corrected chi connectivity index (χ1v) is 10.0. The molecule has 6 nitrogen and oxygen atoms in total. The molecule has 0 bridgehead atoms. The Balaban J connectivity index is 1.83. The lowest BCUT2D eigenvalue weighted by Crippen LogP contribution is -2.25. The molecule has 0 fully saturated rings. The van der Waals surface area contributed by atoms with Crippen molar-refractivity contribution in [3.8, 4) is 22.8 Å². The number of hydrogen-bond donors (Lipinski definition) is 0. The minimum atomic E-state index is -0.218. The maximum atomic E-state index is 13.8. The van der Waals surface area contributed by atoms with Crippen molar-refractivity contribution >= 4 is 16.6 Å². The molecule has 2 aromatic carbocycles. The molecule has 0 spiro atoms. The lowest BCUT2D eigenvalue weighted by Gasteiger charge is -2.17. The number of carbonyl (C=O) groups is 1. The van der Waals surface area contributed by atoms with Gasteiger partial charge in [0.25, 0.3) is 5.56 Å². The largest absolute Gasteiger partial charge is 0.493 e. The molecule has 0 unspecified atom stereocenters. The minimum Gasteiger partial charge on any atom is -0.493 e. The Bertz CT molecular complexity index is 1390. The van der Waals surface area contributed by atoms with Gasteiger partial charge in [0.05, 0.1) is 30.9 Å². The number of rotatable bonds is 5. The van der Waals surface area contributed by atoms with E-state index in [-0.39, 0.29) is 11.3 Å². The van der Waals surface area contributed by atoms with Crippen LogP contribution in [0.3, 0.4) is 0 Å². The van der Waals surface area contributed by atoms with Crippen LogP contribution < -0.4 is 15.0 Å². The fraction of sp³-hybridized carbons (Fsp3) is 0.160. The molecule has 4 aromatic rings. The average molecular weight is 412 g/mol. The van der Waals surface area contributed by atoms with Gasteiger partial charge in [0, 0.05) is 41.4 Å². The van der Waals surface area contributed by atoms with Crippen molar-refractivity contribution in [3.63, 3.8) is 0 Å². The zero-order valence-corrected chi connectivity index (χ0v) is 17.2. The molecule has 0 radical (unpaired) electrons. The van der Waals surface area contributed by atoms with Crippen molar-refractivity contribution in [3.05, 3.63) is 88.0 Å². The number of pyridine rings is 2. The molecule has 6 heteroatoms. The van der Waals surface area contributed by atoms with Gasteiger partial charge in [0.15, 0.2) is 17.3 Å². The first-order chi connectivity index (χ1) is 15.2. The Hall–Kier alpha value is -3.93. The van der Waals surface area contributed by atoms with Crippen LogP contribution in [0.15, 0.2) is 65.6 Å². The molecule has 2 heterocycles. The van der Waals surface area contributed by atoms with E-state index in [1.807, 2.05) is 36.4 Å². The quantitative estimate of drug-likeness (QED) is 0.438. The van der Waals surface area contributed by atoms with Gasteiger partial charge in [-0.05, 0) is 24.3 Å². The predicted octanol–water partition coefficient (Wildman–Crippen LogP) is 3.87. The van der Waals surface area contributed by atoms with Crippen molar-refractivity contribution in [1.29, 1.82) is 0 Å². The summed E-state index contributed by atoms with van der Waals surface area (Å²) in [6, 6.07) is 16.6. The van der Waals surface area contributed by atoms with E-state index in [1.165, 1.54) is 14.2 Å². The van der Waals surface area contributed by atoms with Gasteiger partial charge in [0.1, 0.15) is 0 Å². The third-order valence-corrected chi connectivity index (χ3v) is 5.75. The molecule has 31 heavy (non-hydrogen) atoms. The number of benzene rings is 2. The highest BCUT2D eigenvalue weighted by Gasteiger charge is 2.33. The van der Waals surface area contributed by atoms with Gasteiger partial charge < -0.3 is 14.0 Å². The van der Waals surface area contributed by atoms with Crippen LogP contribution >= 0.6 is 0 Å². The number of ether oxygens (including phenoxy) is 2. The lowest BCUT2D eigenvalue weighted by atomic mass is 10.0. The SMILES string of the molecule is COc1ccc2c3c(n(CCc4ccccn4)c(=O)c2c1OC)-c1ccccc1C3=O. The number of ketones is 1. The Morgan fingerprint density at radius 1 is 0.903 bits per heavy atom. The second-order valence-corrected chi connectivity index (χ2v) is 7.35. The summed E-state index contributed by atoms with van der Waals surface area (Å²) in [5.41, 5.74) is 3.21. The van der Waals surface area contributed by atoms with Crippen molar-refractivity contribution in [2.24, 2.45) is 0 Å². The van der Waals surface area contributed by atoms with Gasteiger partial charge in [-0.1, -0.05) is 30.3 Å². The van der Waals surface area contributed by atoms with Gasteiger partial charge >= 0.3 is 0 Å². The first-order valence-electron chi connectivity index (χ1n) is 10.0. The Morgan fingerprint density at radius 3 is 2.39 bits per heavy atom. The Labute approximate surface area is 178 Å². The first kappa shape index (κ1) is 19.1. The highest BCUT2D eigenvalue weighted by Crippen LogP contribution is 2.43. The van der Waals surface area contributed by atoms with Crippen LogP contribution in [0, 0.1) is 0 Å². The smallest absolute Gasteiger partial charge is 0.262 e. The summed E-state index contributed by atoms with van der Waals surface area (Å²) in [7, 11) is 3.02. The van der Waals surface area contributed by atoms with Crippen molar-refractivity contribution in [1.82, 2.24) is 9.55 Å². The molecule has 1 aliphatic rings. The average Bonchev–Trinajstić information content (AvgIpc) is 3.11. The molecule has 0 atom stereocenters. The van der Waals surface area contributed by atoms with Crippen LogP contribution in [0.5, 0.6) is 11.5 Å². The maximum Gasteiger partial charge on any atom is 0.262 e. The van der Waals surface area contributed by atoms with E-state index in [0.29, 0.717) is 52.1 Å². The second-order valence-electron chi connectivity index (χ2n) is 7.35. The summed E-state index contributed by atoms with van der Waals surface area (Å²) in [6.45, 7) is 0.385. The fourth-order valence-corrected chi connectivity index (χ4v) is 4.36. The van der Waals surface area contributed by atoms with Gasteiger partial charge in [0.2, 0.25) is 0 Å². The number of fused-ring (bicyclic) bond motifs is 5. The number of nitrogens with zero attached hydrogens (tertiary/aromatic N) is 2. The lowest BCUT2D eigenvalue weighted by molar-refractivity contribution is 0.104. The van der Waals surface area contributed by atoms with Crippen molar-refractivity contribution < 1.29 is 14.3 Å². The van der Waals surface area contributed by atoms with Gasteiger partial charge in [-0.3, -0.25) is 14.6 Å². The molecule has 0 aliphatic heterocycles. The molecule has 0 saturated carbocycles. The van der Waals surface area contributed by atoms with Crippen LogP contribution in [0.25, 0.3) is 22.0 Å². The molecule has 2 aromatic heterocycles. The molecule has 1 aliphatic carbocycles. The normalized spacial score (nSPS) is 12.0. The third kappa shape index (κ3) is 2.83. The van der Waals surface area contributed by atoms with E-state index in [2.05, 4.69) is 4.98 Å². The molecule has 0 N–H and O–H groups in total. The second kappa shape index (κ2) is 7.40. The summed E-state index contributed by atoms with van der Waals surface area (Å²) in [5, 5.41) is 0.927. The molecule has 0 saturated heterocycles. The van der Waals surface area contributed by atoms with E-state index in [0.717, 1.165) is 11.3 Å². The third-order valence-electron chi connectivity index (χ3n) is 5.75. The highest BCUT2D eigenvalue weighted by atomic mass is 16.5. The highest BCUT2D eigenvalue weighted by molar-refractivity contribution is 6.27. The predicted molar refractivity (Wildman–Crippen MR) is 118 cm³/mol. The monoisotopic (exact) mass is 412 g/mol. The number of aromatic nitrogens is 2. The zero-order valence-electron chi connectivity index (χ0n) is 17.2. The summed E-state index contributed by atoms with van der Waals surface area (Å²) in [5.74, 6) is 0.698. The maximum absolute atomic E-state index is 13.8. The number of methoxy groups -OCH3 is 2. The van der Waals surface area contributed by atoms with Crippen LogP contribution in [-0.2, 0) is 13.0 Å². The standard InChI is InChI=1S/C25H20N2O4/c1-30-19-11-10-18-20-22(16-8-3-4-9-17(16)23(20)28)27(25(29)21(18)24(19)31-2)14-12-15-7-5-6-13-26-15/h3-11,13H,12,14H2,1-2H3. The minimum absolute atomic E-state index is 0.0885. The summed E-state index contributed by atoms with van der Waals surface area (Å²) < 4.78 is 12.6. The number of carbonyl (C=O) groups excluding carboxylic acids is 1. The summed E-state index contributed by atoms with van der Waals surface area (Å²) >= 11 is 0. The Kier molecular flexibility index (Phi) is 4.55. The molecular formula is C25H20N2O4. The van der Waals surface area contributed by atoms with E-state index in [1.54, 1.807) is 29.0 Å². The van der Waals surface area contributed by atoms with Crippen LogP contribution in [0.4, 0.5) is 0 Å². The van der Waals surface area contributed by atoms with E-state index in [4.69, 9.17) is 9.47 Å². The van der Waals surface area contributed by atoms with Crippen LogP contribution in [0.2, 0.25) is 0 Å². The molecule has 5 rings (SSSR count). The number of hydrogen-bond acceptors (Lipinski definition) is 5. The van der Waals surface area contributed by atoms with Crippen LogP contribution in [0.1, 0.15) is 21.6 Å². The van der Waals surface area contributed by atoms with Gasteiger partial charge in [-0.15, -0.1) is 0 Å². The van der Waals surface area contributed by atoms with Crippen molar-refractivity contribution in [2.45, 2.75) is 13.0 Å². The topological polar surface area (TPSA) is 70.4 Å². The molecule has 154 valence electrons. The zero-order chi connectivity index (χ0) is 21.5. The van der Waals surface area contributed by atoms with E-state index >= 15 is 0 Å². The summed E-state index contributed by atoms with van der Waals surface area (Å²) in [6.07, 6.45) is 2.29. The number of aryl methyl sites for hydroxylation is 1. The van der Waals surface area contributed by atoms with Crippen LogP contribution in [-0.4, -0.2) is 29.6 Å². The van der Waals surface area contributed by atoms with Crippen molar-refractivity contribution in [2.75, 3.05) is 14.2 Å². The molecular weight excluding hydrogens is 392 g/mol. The van der Waals surface area contributed by atoms with E-state index in [9.17, 15) is 9.59 Å². The summed E-state index contributed by atoms with van der Waals surface area (Å²) in [4.78, 5) is 31.5. The fourth-order valence-electron chi connectivity index (χ4n) is 4.36. The Morgan fingerprint density at radius 2 is 1.68 bits per heavy atom. The van der Waals surface area contributed by atoms with Gasteiger partial charge in [-0.25, -0.2) is 0 Å². The van der Waals surface area contributed by atoms with Gasteiger partial charge in [-0.2, -0.15) is 0 Å².